The summed E-state index contributed by atoms with van der Waals surface area (Å²) in [5.41, 5.74) is 0. The van der Waals surface area contributed by atoms with Crippen LogP contribution in [0.2, 0.25) is 0 Å². The normalized spacial score (nSPS) is 26.7. The largest absolute Gasteiger partial charge is 0.378 e. The number of ether oxygens (including phenoxy) is 1. The predicted molar refractivity (Wildman–Crippen MR) is 54.6 cm³/mol. The van der Waals surface area contributed by atoms with E-state index in [-0.39, 0.29) is 6.10 Å². The SMILES string of the molecule is CO[C@H]1CCN(c2ncccn2)C[C@H]1F. The molecule has 0 saturated carbocycles. The number of halogens is 1. The Kier molecular flexibility index (Phi) is 3.11. The predicted octanol–water partition coefficient (Wildman–Crippen LogP) is 1.04. The molecule has 1 aromatic rings. The summed E-state index contributed by atoms with van der Waals surface area (Å²) < 4.78 is 18.6. The van der Waals surface area contributed by atoms with Crippen LogP contribution in [0.15, 0.2) is 18.5 Å². The lowest BCUT2D eigenvalue weighted by Crippen LogP contribution is -2.46. The number of methoxy groups -OCH3 is 1. The molecule has 2 heterocycles. The van der Waals surface area contributed by atoms with Gasteiger partial charge >= 0.3 is 0 Å². The molecule has 15 heavy (non-hydrogen) atoms. The highest BCUT2D eigenvalue weighted by atomic mass is 19.1. The van der Waals surface area contributed by atoms with Crippen LogP contribution in [0.25, 0.3) is 0 Å². The molecule has 0 radical (unpaired) electrons. The Morgan fingerprint density at radius 3 is 2.80 bits per heavy atom. The lowest BCUT2D eigenvalue weighted by molar-refractivity contribution is 0.0194. The summed E-state index contributed by atoms with van der Waals surface area (Å²) in [5, 5.41) is 0. The third-order valence-corrected chi connectivity index (χ3v) is 2.62. The van der Waals surface area contributed by atoms with Crippen molar-refractivity contribution in [2.45, 2.75) is 18.7 Å². The third-order valence-electron chi connectivity index (χ3n) is 2.62. The van der Waals surface area contributed by atoms with Crippen molar-refractivity contribution in [2.75, 3.05) is 25.1 Å². The van der Waals surface area contributed by atoms with Gasteiger partial charge in [-0.1, -0.05) is 0 Å². The average Bonchev–Trinajstić information content (AvgIpc) is 2.30. The molecule has 0 spiro atoms. The smallest absolute Gasteiger partial charge is 0.225 e. The number of nitrogens with zero attached hydrogens (tertiary/aromatic N) is 3. The molecule has 0 N–H and O–H groups in total. The summed E-state index contributed by atoms with van der Waals surface area (Å²) in [6, 6.07) is 1.75. The number of piperidine rings is 1. The molecule has 0 bridgehead atoms. The number of alkyl halides is 1. The van der Waals surface area contributed by atoms with E-state index < -0.39 is 6.17 Å². The molecule has 2 rings (SSSR count). The van der Waals surface area contributed by atoms with Gasteiger partial charge in [0.25, 0.3) is 0 Å². The Hall–Kier alpha value is -1.23. The molecule has 2 atom stereocenters. The van der Waals surface area contributed by atoms with Crippen LogP contribution in [0.4, 0.5) is 10.3 Å². The van der Waals surface area contributed by atoms with Gasteiger partial charge in [-0.05, 0) is 12.5 Å². The van der Waals surface area contributed by atoms with Crippen molar-refractivity contribution < 1.29 is 9.13 Å². The maximum atomic E-state index is 13.6. The monoisotopic (exact) mass is 211 g/mol. The summed E-state index contributed by atoms with van der Waals surface area (Å²) in [6.45, 7) is 1.05. The lowest BCUT2D eigenvalue weighted by Gasteiger charge is -2.33. The summed E-state index contributed by atoms with van der Waals surface area (Å²) in [5.74, 6) is 0.592. The van der Waals surface area contributed by atoms with Crippen LogP contribution in [0.5, 0.6) is 0 Å². The molecular formula is C10H14FN3O. The van der Waals surface area contributed by atoms with Crippen molar-refractivity contribution in [1.29, 1.82) is 0 Å². The number of hydrogen-bond acceptors (Lipinski definition) is 4. The standard InChI is InChI=1S/C10H14FN3O/c1-15-9-3-6-14(7-8(9)11)10-12-4-2-5-13-10/h2,4-5,8-9H,3,6-7H2,1H3/t8-,9+/m1/s1. The Balaban J connectivity index is 2.03. The minimum atomic E-state index is -0.965. The molecule has 1 aliphatic rings. The summed E-state index contributed by atoms with van der Waals surface area (Å²) in [7, 11) is 1.55. The number of hydrogen-bond donors (Lipinski definition) is 0. The van der Waals surface area contributed by atoms with Crippen molar-refractivity contribution >= 4 is 5.95 Å². The zero-order valence-corrected chi connectivity index (χ0v) is 8.64. The topological polar surface area (TPSA) is 38.2 Å². The third kappa shape index (κ3) is 2.23. The van der Waals surface area contributed by atoms with Gasteiger partial charge in [0, 0.05) is 26.0 Å². The zero-order valence-electron chi connectivity index (χ0n) is 8.64. The fourth-order valence-electron chi connectivity index (χ4n) is 1.78. The second kappa shape index (κ2) is 4.53. The first-order valence-corrected chi connectivity index (χ1v) is 5.00. The molecule has 0 unspecified atom stereocenters. The molecule has 1 aliphatic heterocycles. The lowest BCUT2D eigenvalue weighted by atomic mass is 10.1. The van der Waals surface area contributed by atoms with Crippen molar-refractivity contribution in [3.63, 3.8) is 0 Å². The molecule has 82 valence electrons. The van der Waals surface area contributed by atoms with Gasteiger partial charge in [-0.15, -0.1) is 0 Å². The molecule has 0 aromatic carbocycles. The molecule has 4 nitrogen and oxygen atoms in total. The summed E-state index contributed by atoms with van der Waals surface area (Å²) >= 11 is 0. The van der Waals surface area contributed by atoms with Gasteiger partial charge in [0.15, 0.2) is 0 Å². The quantitative estimate of drug-likeness (QED) is 0.732. The van der Waals surface area contributed by atoms with Crippen molar-refractivity contribution in [3.8, 4) is 0 Å². The zero-order chi connectivity index (χ0) is 10.7. The summed E-state index contributed by atoms with van der Waals surface area (Å²) in [4.78, 5) is 10.0. The van der Waals surface area contributed by atoms with Crippen LogP contribution in [0.3, 0.4) is 0 Å². The van der Waals surface area contributed by atoms with E-state index in [1.54, 1.807) is 25.6 Å². The van der Waals surface area contributed by atoms with Gasteiger partial charge in [0.05, 0.1) is 12.6 Å². The Morgan fingerprint density at radius 2 is 2.20 bits per heavy atom. The van der Waals surface area contributed by atoms with E-state index in [1.165, 1.54) is 0 Å². The molecule has 1 aromatic heterocycles. The highest BCUT2D eigenvalue weighted by Crippen LogP contribution is 2.19. The van der Waals surface area contributed by atoms with E-state index in [0.29, 0.717) is 18.9 Å². The maximum Gasteiger partial charge on any atom is 0.225 e. The maximum absolute atomic E-state index is 13.6. The van der Waals surface area contributed by atoms with Crippen LogP contribution in [-0.2, 0) is 4.74 Å². The first kappa shape index (κ1) is 10.3. The number of aromatic nitrogens is 2. The van der Waals surface area contributed by atoms with E-state index in [2.05, 4.69) is 9.97 Å². The fraction of sp³-hybridized carbons (Fsp3) is 0.600. The van der Waals surface area contributed by atoms with Crippen molar-refractivity contribution in [2.24, 2.45) is 0 Å². The van der Waals surface area contributed by atoms with Gasteiger partial charge in [0.1, 0.15) is 6.17 Å². The van der Waals surface area contributed by atoms with Gasteiger partial charge in [0.2, 0.25) is 5.95 Å². The second-order valence-electron chi connectivity index (χ2n) is 3.57. The first-order chi connectivity index (χ1) is 7.31. The van der Waals surface area contributed by atoms with E-state index in [0.717, 1.165) is 6.54 Å². The number of rotatable bonds is 2. The van der Waals surface area contributed by atoms with Gasteiger partial charge in [-0.2, -0.15) is 0 Å². The molecule has 0 amide bonds. The Bertz CT molecular complexity index is 309. The van der Waals surface area contributed by atoms with E-state index in [4.69, 9.17) is 4.74 Å². The second-order valence-corrected chi connectivity index (χ2v) is 3.57. The van der Waals surface area contributed by atoms with Crippen LogP contribution < -0.4 is 4.90 Å². The molecule has 0 aliphatic carbocycles. The van der Waals surface area contributed by atoms with Gasteiger partial charge < -0.3 is 9.64 Å². The highest BCUT2D eigenvalue weighted by Gasteiger charge is 2.29. The Morgan fingerprint density at radius 1 is 1.47 bits per heavy atom. The first-order valence-electron chi connectivity index (χ1n) is 5.00. The average molecular weight is 211 g/mol. The molecule has 1 saturated heterocycles. The fourth-order valence-corrected chi connectivity index (χ4v) is 1.78. The Labute approximate surface area is 88.1 Å². The highest BCUT2D eigenvalue weighted by molar-refractivity contribution is 5.29. The van der Waals surface area contributed by atoms with Gasteiger partial charge in [-0.25, -0.2) is 14.4 Å². The minimum absolute atomic E-state index is 0.287. The summed E-state index contributed by atoms with van der Waals surface area (Å²) in [6.07, 6.45) is 2.75. The van der Waals surface area contributed by atoms with Crippen LogP contribution >= 0.6 is 0 Å². The van der Waals surface area contributed by atoms with E-state index in [9.17, 15) is 4.39 Å². The van der Waals surface area contributed by atoms with Crippen LogP contribution in [0.1, 0.15) is 6.42 Å². The van der Waals surface area contributed by atoms with Crippen molar-refractivity contribution in [3.05, 3.63) is 18.5 Å². The van der Waals surface area contributed by atoms with Crippen molar-refractivity contribution in [1.82, 2.24) is 9.97 Å². The van der Waals surface area contributed by atoms with Crippen LogP contribution in [0, 0.1) is 0 Å². The van der Waals surface area contributed by atoms with Crippen LogP contribution in [-0.4, -0.2) is 42.4 Å². The molecule has 1 fully saturated rings. The molecular weight excluding hydrogens is 197 g/mol. The van der Waals surface area contributed by atoms with Gasteiger partial charge in [-0.3, -0.25) is 0 Å². The van der Waals surface area contributed by atoms with E-state index in [1.807, 2.05) is 4.90 Å². The minimum Gasteiger partial charge on any atom is -0.378 e. The van der Waals surface area contributed by atoms with E-state index >= 15 is 0 Å². The molecule has 5 heteroatoms. The number of anilines is 1.